The number of piperidine rings is 1. The van der Waals surface area contributed by atoms with Gasteiger partial charge in [0.25, 0.3) is 0 Å². The Morgan fingerprint density at radius 3 is 2.43 bits per heavy atom. The van der Waals surface area contributed by atoms with Gasteiger partial charge in [0.05, 0.1) is 12.4 Å². The third kappa shape index (κ3) is 5.86. The summed E-state index contributed by atoms with van der Waals surface area (Å²) in [5, 5.41) is 10.6. The van der Waals surface area contributed by atoms with Crippen molar-refractivity contribution in [2.24, 2.45) is 0 Å². The molecule has 0 bridgehead atoms. The summed E-state index contributed by atoms with van der Waals surface area (Å²) in [7, 11) is -1.33. The van der Waals surface area contributed by atoms with Crippen LogP contribution in [0, 0.1) is 11.6 Å². The maximum atomic E-state index is 14.7. The Balaban J connectivity index is 1.58. The van der Waals surface area contributed by atoms with Crippen LogP contribution in [-0.4, -0.2) is 92.1 Å². The molecule has 2 aliphatic rings. The minimum Gasteiger partial charge on any atom is -0.393 e. The van der Waals surface area contributed by atoms with Gasteiger partial charge in [0.15, 0.2) is 0 Å². The van der Waals surface area contributed by atoms with Crippen molar-refractivity contribution in [1.29, 1.82) is 0 Å². The zero-order chi connectivity index (χ0) is 26.8. The van der Waals surface area contributed by atoms with Gasteiger partial charge in [0.2, 0.25) is 0 Å². The van der Waals surface area contributed by atoms with Gasteiger partial charge in [-0.3, -0.25) is 0 Å². The minimum absolute atomic E-state index is 0.00616. The van der Waals surface area contributed by atoms with Crippen LogP contribution in [0.1, 0.15) is 24.0 Å². The number of urea groups is 1. The van der Waals surface area contributed by atoms with Crippen molar-refractivity contribution in [3.05, 3.63) is 77.4 Å². The molecule has 2 amide bonds. The van der Waals surface area contributed by atoms with Crippen LogP contribution in [0.25, 0.3) is 5.57 Å². The van der Waals surface area contributed by atoms with Crippen LogP contribution >= 0.6 is 0 Å². The highest BCUT2D eigenvalue weighted by Gasteiger charge is 2.46. The fraction of sp³-hybridized carbons (Fsp3) is 0.444. The molecule has 0 aromatic heterocycles. The topological polar surface area (TPSA) is 81.2 Å². The van der Waals surface area contributed by atoms with E-state index in [1.165, 1.54) is 11.2 Å². The van der Waals surface area contributed by atoms with Gasteiger partial charge in [-0.25, -0.2) is 22.0 Å². The second-order valence-electron chi connectivity index (χ2n) is 9.92. The molecular weight excluding hydrogens is 500 g/mol. The van der Waals surface area contributed by atoms with E-state index in [0.717, 1.165) is 18.2 Å². The molecule has 0 saturated carbocycles. The van der Waals surface area contributed by atoms with Crippen LogP contribution in [-0.2, 0) is 15.4 Å². The SMILES string of the molecule is CN(C(=O)N1CC(c2cc(F)ccc2F)=CC1(CO)c1ccccc1)C1CCN(CCS(C)(=O)=O)CC1. The number of hydrogen-bond donors (Lipinski definition) is 1. The van der Waals surface area contributed by atoms with Crippen molar-refractivity contribution in [3.63, 3.8) is 0 Å². The summed E-state index contributed by atoms with van der Waals surface area (Å²) in [6.07, 6.45) is 4.24. The summed E-state index contributed by atoms with van der Waals surface area (Å²) in [5.74, 6) is -1.09. The van der Waals surface area contributed by atoms with Gasteiger partial charge in [-0.15, -0.1) is 0 Å². The first-order valence-electron chi connectivity index (χ1n) is 12.3. The van der Waals surface area contributed by atoms with E-state index in [-0.39, 0.29) is 29.9 Å². The predicted molar refractivity (Wildman–Crippen MR) is 139 cm³/mol. The number of amides is 2. The predicted octanol–water partition coefficient (Wildman–Crippen LogP) is 3.11. The first-order chi connectivity index (χ1) is 17.5. The van der Waals surface area contributed by atoms with Gasteiger partial charge in [-0.1, -0.05) is 30.3 Å². The van der Waals surface area contributed by atoms with Gasteiger partial charge in [0, 0.05) is 51.1 Å². The molecule has 1 unspecified atom stereocenters. The number of aliphatic hydroxyl groups is 1. The molecule has 0 aliphatic carbocycles. The average molecular weight is 534 g/mol. The Morgan fingerprint density at radius 1 is 1.14 bits per heavy atom. The molecule has 1 N–H and O–H groups in total. The number of benzene rings is 2. The smallest absolute Gasteiger partial charge is 0.321 e. The van der Waals surface area contributed by atoms with Crippen LogP contribution < -0.4 is 0 Å². The molecule has 200 valence electrons. The number of likely N-dealkylation sites (tertiary alicyclic amines) is 1. The summed E-state index contributed by atoms with van der Waals surface area (Å²) in [4.78, 5) is 19.2. The monoisotopic (exact) mass is 533 g/mol. The molecule has 1 saturated heterocycles. The number of sulfone groups is 1. The molecule has 1 fully saturated rings. The number of carbonyl (C=O) groups excluding carboxylic acids is 1. The number of aliphatic hydroxyl groups excluding tert-OH is 1. The number of nitrogens with zero attached hydrogens (tertiary/aromatic N) is 3. The third-order valence-corrected chi connectivity index (χ3v) is 8.35. The van der Waals surface area contributed by atoms with Crippen molar-refractivity contribution >= 4 is 21.4 Å². The normalized spacial score (nSPS) is 21.2. The maximum absolute atomic E-state index is 14.7. The number of rotatable bonds is 7. The highest BCUT2D eigenvalue weighted by Crippen LogP contribution is 2.41. The molecule has 7 nitrogen and oxygen atoms in total. The lowest BCUT2D eigenvalue weighted by Crippen LogP contribution is -2.55. The van der Waals surface area contributed by atoms with Crippen molar-refractivity contribution in [2.45, 2.75) is 24.4 Å². The molecule has 2 aromatic rings. The van der Waals surface area contributed by atoms with E-state index in [1.54, 1.807) is 42.3 Å². The summed E-state index contributed by atoms with van der Waals surface area (Å²) < 4.78 is 51.7. The fourth-order valence-corrected chi connectivity index (χ4v) is 5.82. The van der Waals surface area contributed by atoms with Gasteiger partial charge >= 0.3 is 6.03 Å². The minimum atomic E-state index is -3.05. The van der Waals surface area contributed by atoms with E-state index in [9.17, 15) is 27.1 Å². The summed E-state index contributed by atoms with van der Waals surface area (Å²) in [5.41, 5.74) is -0.0866. The zero-order valence-corrected chi connectivity index (χ0v) is 21.9. The highest BCUT2D eigenvalue weighted by molar-refractivity contribution is 7.90. The number of hydrogen-bond acceptors (Lipinski definition) is 5. The number of carbonyl (C=O) groups is 1. The first-order valence-corrected chi connectivity index (χ1v) is 14.4. The van der Waals surface area contributed by atoms with Crippen molar-refractivity contribution in [2.75, 3.05) is 51.8 Å². The summed E-state index contributed by atoms with van der Waals surface area (Å²) in [6.45, 7) is 1.37. The second kappa shape index (κ2) is 10.9. The molecule has 0 radical (unpaired) electrons. The molecule has 10 heteroatoms. The van der Waals surface area contributed by atoms with Crippen molar-refractivity contribution in [3.8, 4) is 0 Å². The lowest BCUT2D eigenvalue weighted by Gasteiger charge is -2.43. The van der Waals surface area contributed by atoms with Crippen LogP contribution in [0.3, 0.4) is 0 Å². The molecule has 2 aliphatic heterocycles. The Labute approximate surface area is 216 Å². The molecule has 37 heavy (non-hydrogen) atoms. The average Bonchev–Trinajstić information content (AvgIpc) is 3.29. The molecule has 1 atom stereocenters. The van der Waals surface area contributed by atoms with Crippen LogP contribution in [0.5, 0.6) is 0 Å². The van der Waals surface area contributed by atoms with E-state index in [1.807, 2.05) is 6.07 Å². The quantitative estimate of drug-likeness (QED) is 0.592. The van der Waals surface area contributed by atoms with E-state index in [2.05, 4.69) is 4.90 Å². The Hall–Kier alpha value is -2.82. The zero-order valence-electron chi connectivity index (χ0n) is 21.1. The maximum Gasteiger partial charge on any atom is 0.321 e. The standard InChI is InChI=1S/C27H33F2N3O4S/c1-30(23-10-12-31(13-11-23)14-15-37(2,35)36)26(34)32-18-20(24-16-22(28)8-9-25(24)29)17-27(32,19-33)21-6-4-3-5-7-21/h3-9,16-17,23,33H,10-15,18-19H2,1-2H3. The van der Waals surface area contributed by atoms with Crippen LogP contribution in [0.2, 0.25) is 0 Å². The molecular formula is C27H33F2N3O4S. The fourth-order valence-electron chi connectivity index (χ4n) is 5.23. The lowest BCUT2D eigenvalue weighted by molar-refractivity contribution is 0.0689. The Kier molecular flexibility index (Phi) is 8.01. The third-order valence-electron chi connectivity index (χ3n) is 7.43. The van der Waals surface area contributed by atoms with Crippen molar-refractivity contribution in [1.82, 2.24) is 14.7 Å². The van der Waals surface area contributed by atoms with Gasteiger partial charge < -0.3 is 19.8 Å². The van der Waals surface area contributed by atoms with Crippen LogP contribution in [0.4, 0.5) is 13.6 Å². The number of halogens is 2. The first kappa shape index (κ1) is 27.2. The van der Waals surface area contributed by atoms with Gasteiger partial charge in [-0.05, 0) is 48.3 Å². The van der Waals surface area contributed by atoms with Gasteiger partial charge in [-0.2, -0.15) is 0 Å². The van der Waals surface area contributed by atoms with E-state index in [4.69, 9.17) is 0 Å². The summed E-state index contributed by atoms with van der Waals surface area (Å²) in [6, 6.07) is 11.9. The second-order valence-corrected chi connectivity index (χ2v) is 12.2. The molecule has 0 spiro atoms. The Morgan fingerprint density at radius 2 is 1.81 bits per heavy atom. The largest absolute Gasteiger partial charge is 0.393 e. The highest BCUT2D eigenvalue weighted by atomic mass is 32.2. The van der Waals surface area contributed by atoms with Crippen molar-refractivity contribution < 1.29 is 27.1 Å². The molecule has 2 heterocycles. The van der Waals surface area contributed by atoms with E-state index < -0.39 is 33.6 Å². The molecule has 2 aromatic carbocycles. The molecule has 4 rings (SSSR count). The Bertz CT molecular complexity index is 1260. The summed E-state index contributed by atoms with van der Waals surface area (Å²) >= 11 is 0. The van der Waals surface area contributed by atoms with E-state index >= 15 is 0 Å². The lowest BCUT2D eigenvalue weighted by atomic mass is 9.89. The van der Waals surface area contributed by atoms with Crippen LogP contribution in [0.15, 0.2) is 54.6 Å². The van der Waals surface area contributed by atoms with E-state index in [0.29, 0.717) is 43.6 Å². The van der Waals surface area contributed by atoms with Gasteiger partial charge in [0.1, 0.15) is 27.0 Å².